The van der Waals surface area contributed by atoms with Gasteiger partial charge in [-0.05, 0) is 0 Å². The van der Waals surface area contributed by atoms with Gasteiger partial charge in [0.1, 0.15) is 12.2 Å². The van der Waals surface area contributed by atoms with Gasteiger partial charge in [-0.15, -0.1) is 13.1 Å². The number of aliphatic hydroxyl groups excluding tert-OH is 2. The molecule has 0 spiro atoms. The second-order valence-corrected chi connectivity index (χ2v) is 6.21. The van der Waals surface area contributed by atoms with Gasteiger partial charge in [0.2, 0.25) is 0 Å². The van der Waals surface area contributed by atoms with Crippen molar-refractivity contribution in [2.75, 3.05) is 33.9 Å². The van der Waals surface area contributed by atoms with Crippen LogP contribution in [0.4, 0.5) is 0 Å². The summed E-state index contributed by atoms with van der Waals surface area (Å²) < 4.78 is 14.5. The number of hydrogen-bond donors (Lipinski definition) is 2. The number of methoxy groups -OCH3 is 2. The summed E-state index contributed by atoms with van der Waals surface area (Å²) >= 11 is 0. The summed E-state index contributed by atoms with van der Waals surface area (Å²) in [7, 11) is 2.65. The molecule has 0 aliphatic carbocycles. The number of hydrogen-bond acceptors (Lipinski definition) is 6. The minimum atomic E-state index is -1.34. The van der Waals surface area contributed by atoms with E-state index in [0.29, 0.717) is 0 Å². The number of carbonyl (C=O) groups is 1. The summed E-state index contributed by atoms with van der Waals surface area (Å²) in [6, 6.07) is 25.0. The zero-order valence-corrected chi connectivity index (χ0v) is 28.7. The molecule has 2 aromatic rings. The van der Waals surface area contributed by atoms with E-state index in [1.165, 1.54) is 14.2 Å². The fourth-order valence-corrected chi connectivity index (χ4v) is 2.49. The third-order valence-corrected chi connectivity index (χ3v) is 4.16. The third kappa shape index (κ3) is 25.9. The molecule has 37 heavy (non-hydrogen) atoms. The van der Waals surface area contributed by atoms with Crippen molar-refractivity contribution in [3.8, 4) is 0 Å². The molecule has 0 saturated heterocycles. The molecule has 0 bridgehead atoms. The molecule has 8 nitrogen and oxygen atoms in total. The van der Waals surface area contributed by atoms with Crippen molar-refractivity contribution in [2.24, 2.45) is 5.92 Å². The van der Waals surface area contributed by atoms with Crippen LogP contribution in [0.2, 0.25) is 0 Å². The maximum Gasteiger partial charge on any atom is 0.293 e. The summed E-state index contributed by atoms with van der Waals surface area (Å²) in [5.74, 6) is -0.580. The van der Waals surface area contributed by atoms with Crippen molar-refractivity contribution in [3.63, 3.8) is 0 Å². The van der Waals surface area contributed by atoms with Crippen LogP contribution >= 0.6 is 0 Å². The van der Waals surface area contributed by atoms with E-state index >= 15 is 0 Å². The number of rotatable bonds is 11. The molecule has 2 radical (unpaired) electrons. The van der Waals surface area contributed by atoms with E-state index < -0.39 is 30.3 Å². The Hall–Kier alpha value is -0.122. The first kappa shape index (κ1) is 46.7. The Morgan fingerprint density at radius 1 is 0.757 bits per heavy atom. The van der Waals surface area contributed by atoms with Crippen LogP contribution in [-0.2, 0) is 84.4 Å². The van der Waals surface area contributed by atoms with Gasteiger partial charge in [-0.3, -0.25) is 4.79 Å². The topological polar surface area (TPSA) is 133 Å². The van der Waals surface area contributed by atoms with E-state index in [-0.39, 0.29) is 91.6 Å². The smallest absolute Gasteiger partial charge is 0.293 e. The van der Waals surface area contributed by atoms with Crippen LogP contribution in [0.1, 0.15) is 27.7 Å². The largest absolute Gasteiger partial charge is 0.677 e. The summed E-state index contributed by atoms with van der Waals surface area (Å²) in [6.07, 6.45) is -4.41. The number of nitrogens with one attached hydrogen (secondary N) is 2. The van der Waals surface area contributed by atoms with E-state index in [4.69, 9.17) is 20.9 Å². The number of benzene rings is 2. The van der Waals surface area contributed by atoms with Crippen molar-refractivity contribution >= 4 is 6.47 Å². The minimum Gasteiger partial charge on any atom is -0.677 e. The molecule has 0 heterocycles. The van der Waals surface area contributed by atoms with Crippen molar-refractivity contribution in [1.82, 2.24) is 0 Å². The Kier molecular flexibility index (Phi) is 48.0. The molecular weight excluding hydrogens is 626 g/mol. The first-order valence-electron chi connectivity index (χ1n) is 11.7. The summed E-state index contributed by atoms with van der Waals surface area (Å²) in [5.41, 5.74) is 14.6. The SMILES string of the molecule is CC.CC.COC(C[NH-])C(O)C(O)[C@H](OC)C(C[NH-])COC=O.[Y].[Y].[c-]1ccccc1.[c-]1ccccc1. The minimum absolute atomic E-state index is 0. The maximum atomic E-state index is 10.2. The standard InChI is InChI=1S/C11H22N2O6.2C6H5.2C2H6.2Y/c1-17-8(4-13)9(15)10(16)11(18-2)7(3-12)5-19-6-14;2*1-2-4-6-5-3-1;2*1-2;;/h6-13,15-16H,3-5H2,1-2H3;2*1-5H;2*1-2H3;;/q-2;2*-1;;;;/t7?,8?,9?,10?,11-;;;;;;/m1....../s1. The van der Waals surface area contributed by atoms with Crippen LogP contribution in [0.25, 0.3) is 11.5 Å². The molecular formula is C27H44N2O6Y2-4. The molecule has 0 amide bonds. The van der Waals surface area contributed by atoms with E-state index in [1.807, 2.05) is 88.4 Å². The molecule has 2 aromatic carbocycles. The van der Waals surface area contributed by atoms with Crippen LogP contribution in [0, 0.1) is 18.1 Å². The first-order valence-corrected chi connectivity index (χ1v) is 11.7. The molecule has 4 N–H and O–H groups in total. The maximum absolute atomic E-state index is 10.2. The monoisotopic (exact) mass is 670 g/mol. The molecule has 0 aliphatic heterocycles. The van der Waals surface area contributed by atoms with Gasteiger partial charge in [-0.25, -0.2) is 0 Å². The molecule has 0 aliphatic rings. The van der Waals surface area contributed by atoms with Gasteiger partial charge in [0.15, 0.2) is 0 Å². The Morgan fingerprint density at radius 3 is 1.41 bits per heavy atom. The van der Waals surface area contributed by atoms with Crippen LogP contribution in [0.15, 0.2) is 60.7 Å². The summed E-state index contributed by atoms with van der Waals surface area (Å²) in [5, 5.41) is 19.9. The van der Waals surface area contributed by atoms with E-state index in [9.17, 15) is 15.0 Å². The first-order chi connectivity index (χ1) is 17.1. The Bertz CT molecular complexity index is 544. The zero-order chi connectivity index (χ0) is 27.3. The van der Waals surface area contributed by atoms with Crippen LogP contribution in [0.5, 0.6) is 0 Å². The normalized spacial score (nSPS) is 12.8. The quantitative estimate of drug-likeness (QED) is 0.264. The Balaban J connectivity index is -0.000000154. The van der Waals surface area contributed by atoms with Crippen molar-refractivity contribution in [2.45, 2.75) is 52.1 Å². The number of ether oxygens (including phenoxy) is 3. The average Bonchev–Trinajstić information content (AvgIpc) is 2.96. The molecule has 0 fully saturated rings. The molecule has 5 atom stereocenters. The van der Waals surface area contributed by atoms with Gasteiger partial charge in [0.25, 0.3) is 6.47 Å². The predicted octanol–water partition coefficient (Wildman–Crippen LogP) is 4.65. The van der Waals surface area contributed by atoms with Crippen molar-refractivity contribution in [3.05, 3.63) is 84.3 Å². The second kappa shape index (κ2) is 38.0. The zero-order valence-electron chi connectivity index (χ0n) is 23.0. The van der Waals surface area contributed by atoms with E-state index in [2.05, 4.69) is 16.9 Å². The van der Waals surface area contributed by atoms with Crippen LogP contribution in [0.3, 0.4) is 0 Å². The van der Waals surface area contributed by atoms with E-state index in [0.717, 1.165) is 0 Å². The molecule has 10 heteroatoms. The van der Waals surface area contributed by atoms with Crippen molar-refractivity contribution in [1.29, 1.82) is 0 Å². The van der Waals surface area contributed by atoms with Gasteiger partial charge < -0.3 is 35.9 Å². The molecule has 2 rings (SSSR count). The van der Waals surface area contributed by atoms with Gasteiger partial charge >= 0.3 is 0 Å². The summed E-state index contributed by atoms with van der Waals surface area (Å²) in [4.78, 5) is 10.2. The average molecular weight is 670 g/mol. The third-order valence-electron chi connectivity index (χ3n) is 4.16. The number of carbonyl (C=O) groups excluding carboxylic acids is 1. The Labute approximate surface area is 275 Å². The van der Waals surface area contributed by atoms with Gasteiger partial charge in [-0.2, -0.15) is 72.8 Å². The van der Waals surface area contributed by atoms with Crippen LogP contribution in [-0.4, -0.2) is 75.0 Å². The van der Waals surface area contributed by atoms with Gasteiger partial charge in [-0.1, -0.05) is 27.7 Å². The fourth-order valence-electron chi connectivity index (χ4n) is 2.49. The molecule has 4 unspecified atom stereocenters. The molecule has 0 saturated carbocycles. The van der Waals surface area contributed by atoms with E-state index in [1.54, 1.807) is 0 Å². The van der Waals surface area contributed by atoms with Gasteiger partial charge in [0.05, 0.1) is 18.8 Å². The van der Waals surface area contributed by atoms with Gasteiger partial charge in [0, 0.05) is 85.6 Å². The van der Waals surface area contributed by atoms with Crippen molar-refractivity contribution < 1.29 is 94.6 Å². The second-order valence-electron chi connectivity index (χ2n) is 6.21. The summed E-state index contributed by atoms with van der Waals surface area (Å²) in [6.45, 7) is 7.80. The molecule has 0 aromatic heterocycles. The number of aliphatic hydroxyl groups is 2. The fraction of sp³-hybridized carbons (Fsp3) is 0.519. The molecule has 208 valence electrons. The van der Waals surface area contributed by atoms with Crippen LogP contribution < -0.4 is 0 Å². The predicted molar refractivity (Wildman–Crippen MR) is 141 cm³/mol. The Morgan fingerprint density at radius 2 is 1.19 bits per heavy atom.